The monoisotopic (exact) mass is 301 g/mol. The van der Waals surface area contributed by atoms with Gasteiger partial charge in [-0.15, -0.1) is 24.4 Å². The zero-order valence-corrected chi connectivity index (χ0v) is 12.2. The van der Waals surface area contributed by atoms with Gasteiger partial charge in [-0.05, 0) is 13.3 Å². The van der Waals surface area contributed by atoms with Crippen LogP contribution in [0.5, 0.6) is 11.5 Å². The van der Waals surface area contributed by atoms with Gasteiger partial charge in [0.15, 0.2) is 0 Å². The van der Waals surface area contributed by atoms with Crippen molar-refractivity contribution >= 4 is 30.4 Å². The molecule has 0 spiro atoms. The minimum absolute atomic E-state index is 0.0288. The zero-order valence-electron chi connectivity index (χ0n) is 10.5. The molecule has 0 aromatic heterocycles. The maximum atomic E-state index is 11.6. The van der Waals surface area contributed by atoms with Crippen LogP contribution in [-0.2, 0) is 9.53 Å². The number of hydrogen-bond acceptors (Lipinski definition) is 7. The van der Waals surface area contributed by atoms with E-state index >= 15 is 0 Å². The highest BCUT2D eigenvalue weighted by molar-refractivity contribution is 8.00. The number of esters is 1. The van der Waals surface area contributed by atoms with Crippen molar-refractivity contribution in [2.75, 3.05) is 7.11 Å². The molecule has 19 heavy (non-hydrogen) atoms. The van der Waals surface area contributed by atoms with Crippen molar-refractivity contribution in [3.63, 3.8) is 0 Å². The minimum atomic E-state index is -0.529. The molecule has 2 atom stereocenters. The summed E-state index contributed by atoms with van der Waals surface area (Å²) in [5.74, 6) is -0.421. The van der Waals surface area contributed by atoms with Crippen LogP contribution in [0.15, 0.2) is 9.79 Å². The number of benzene rings is 1. The number of phenols is 2. The van der Waals surface area contributed by atoms with E-state index in [1.807, 2.05) is 0 Å². The van der Waals surface area contributed by atoms with Crippen molar-refractivity contribution in [3.05, 3.63) is 11.1 Å². The second kappa shape index (κ2) is 5.15. The Bertz CT molecular complexity index is 547. The number of rotatable bonds is 1. The van der Waals surface area contributed by atoms with E-state index in [-0.39, 0.29) is 11.5 Å². The molecule has 0 amide bonds. The number of hydrogen-bond donors (Lipinski definition) is 4. The number of ether oxygens (including phenoxy) is 1. The summed E-state index contributed by atoms with van der Waals surface area (Å²) >= 11 is 5.31. The fraction of sp³-hybridized carbons (Fsp3) is 0.417. The van der Waals surface area contributed by atoms with Crippen molar-refractivity contribution in [3.8, 4) is 11.5 Å². The quantitative estimate of drug-likeness (QED) is 0.359. The van der Waals surface area contributed by atoms with Crippen LogP contribution in [0, 0.1) is 6.92 Å². The maximum Gasteiger partial charge on any atom is 0.319 e. The molecule has 7 heteroatoms. The van der Waals surface area contributed by atoms with E-state index in [1.165, 1.54) is 7.11 Å². The molecule has 1 aliphatic rings. The fourth-order valence-electron chi connectivity index (χ4n) is 2.11. The van der Waals surface area contributed by atoms with Gasteiger partial charge in [0, 0.05) is 17.2 Å². The predicted octanol–water partition coefficient (Wildman–Crippen LogP) is 1.73. The van der Waals surface area contributed by atoms with Crippen LogP contribution < -0.4 is 5.73 Å². The summed E-state index contributed by atoms with van der Waals surface area (Å²) in [5, 5.41) is 19.8. The Balaban J connectivity index is 2.56. The van der Waals surface area contributed by atoms with Gasteiger partial charge >= 0.3 is 5.97 Å². The highest BCUT2D eigenvalue weighted by Crippen LogP contribution is 2.52. The Hall–Kier alpha value is -1.05. The molecule has 1 aromatic carbocycles. The Kier molecular flexibility index (Phi) is 3.89. The summed E-state index contributed by atoms with van der Waals surface area (Å²) < 4.78 is 4.70. The number of carbonyl (C=O) groups excluding carboxylic acids is 1. The molecule has 104 valence electrons. The van der Waals surface area contributed by atoms with Gasteiger partial charge in [0.1, 0.15) is 16.7 Å². The van der Waals surface area contributed by atoms with Gasteiger partial charge in [0.05, 0.1) is 16.9 Å². The summed E-state index contributed by atoms with van der Waals surface area (Å²) in [6.45, 7) is 1.65. The Labute approximate surface area is 120 Å². The molecule has 0 aliphatic carbocycles. The number of thiol groups is 1. The third-order valence-electron chi connectivity index (χ3n) is 3.21. The standard InChI is InChI=1S/C12H15NO4S2/c1-4-8(14)7-5(13)3-6(12(16)17-2)19-11(7)9(15)10(4)18/h5-6,14-15,18H,3,13H2,1-2H3. The molecule has 0 saturated carbocycles. The van der Waals surface area contributed by atoms with Gasteiger partial charge < -0.3 is 20.7 Å². The average molecular weight is 301 g/mol. The van der Waals surface area contributed by atoms with Crippen LogP contribution in [-0.4, -0.2) is 28.5 Å². The maximum absolute atomic E-state index is 11.6. The van der Waals surface area contributed by atoms with Crippen molar-refractivity contribution in [2.24, 2.45) is 5.73 Å². The van der Waals surface area contributed by atoms with Gasteiger partial charge in [0.25, 0.3) is 0 Å². The largest absolute Gasteiger partial charge is 0.507 e. The van der Waals surface area contributed by atoms with E-state index in [1.54, 1.807) is 6.92 Å². The number of aromatic hydroxyl groups is 2. The lowest BCUT2D eigenvalue weighted by molar-refractivity contribution is -0.140. The van der Waals surface area contributed by atoms with Gasteiger partial charge in [0.2, 0.25) is 0 Å². The fourth-order valence-corrected chi connectivity index (χ4v) is 3.77. The average Bonchev–Trinajstić information content (AvgIpc) is 2.40. The topological polar surface area (TPSA) is 92.8 Å². The molecule has 1 aromatic rings. The highest BCUT2D eigenvalue weighted by Gasteiger charge is 2.36. The van der Waals surface area contributed by atoms with Gasteiger partial charge in [-0.1, -0.05) is 0 Å². The lowest BCUT2D eigenvalue weighted by atomic mass is 9.97. The molecule has 0 saturated heterocycles. The molecule has 1 heterocycles. The minimum Gasteiger partial charge on any atom is -0.507 e. The van der Waals surface area contributed by atoms with E-state index in [9.17, 15) is 15.0 Å². The molecular weight excluding hydrogens is 286 g/mol. The van der Waals surface area contributed by atoms with Crippen molar-refractivity contribution in [1.82, 2.24) is 0 Å². The van der Waals surface area contributed by atoms with E-state index in [4.69, 9.17) is 10.5 Å². The van der Waals surface area contributed by atoms with E-state index in [0.29, 0.717) is 27.3 Å². The molecule has 0 radical (unpaired) electrons. The molecule has 5 nitrogen and oxygen atoms in total. The van der Waals surface area contributed by atoms with Crippen LogP contribution in [0.25, 0.3) is 0 Å². The highest BCUT2D eigenvalue weighted by atomic mass is 32.2. The first-order valence-electron chi connectivity index (χ1n) is 5.65. The molecule has 2 rings (SSSR count). The first kappa shape index (κ1) is 14.4. The number of thioether (sulfide) groups is 1. The lowest BCUT2D eigenvalue weighted by Gasteiger charge is -2.29. The van der Waals surface area contributed by atoms with Crippen molar-refractivity contribution < 1.29 is 19.7 Å². The second-order valence-electron chi connectivity index (χ2n) is 4.39. The second-order valence-corrected chi connectivity index (χ2v) is 6.05. The van der Waals surface area contributed by atoms with E-state index < -0.39 is 17.3 Å². The van der Waals surface area contributed by atoms with Gasteiger partial charge in [-0.3, -0.25) is 4.79 Å². The summed E-state index contributed by atoms with van der Waals surface area (Å²) in [7, 11) is 1.31. The summed E-state index contributed by atoms with van der Waals surface area (Å²) in [6, 6.07) is -0.529. The Morgan fingerprint density at radius 3 is 2.68 bits per heavy atom. The summed E-state index contributed by atoms with van der Waals surface area (Å²) in [6.07, 6.45) is 0.350. The van der Waals surface area contributed by atoms with E-state index in [2.05, 4.69) is 12.6 Å². The number of fused-ring (bicyclic) bond motifs is 1. The number of phenolic OH excluding ortho intramolecular Hbond substituents is 2. The van der Waals surface area contributed by atoms with Crippen LogP contribution >= 0.6 is 24.4 Å². The molecule has 0 bridgehead atoms. The van der Waals surface area contributed by atoms with Crippen LogP contribution in [0.4, 0.5) is 0 Å². The molecule has 0 fully saturated rings. The summed E-state index contributed by atoms with van der Waals surface area (Å²) in [4.78, 5) is 12.3. The molecular formula is C12H15NO4S2. The number of nitrogens with two attached hydrogens (primary N) is 1. The third-order valence-corrected chi connectivity index (χ3v) is 5.08. The Morgan fingerprint density at radius 1 is 1.47 bits per heavy atom. The predicted molar refractivity (Wildman–Crippen MR) is 75.0 cm³/mol. The molecule has 4 N–H and O–H groups in total. The molecule has 2 unspecified atom stereocenters. The van der Waals surface area contributed by atoms with Gasteiger partial charge in [-0.2, -0.15) is 0 Å². The summed E-state index contributed by atoms with van der Waals surface area (Å²) in [5.41, 5.74) is 6.95. The lowest BCUT2D eigenvalue weighted by Crippen LogP contribution is -2.29. The third kappa shape index (κ3) is 2.26. The number of carbonyl (C=O) groups is 1. The zero-order chi connectivity index (χ0) is 14.3. The number of methoxy groups -OCH3 is 1. The Morgan fingerprint density at radius 2 is 2.11 bits per heavy atom. The normalized spacial score (nSPS) is 21.9. The van der Waals surface area contributed by atoms with Crippen molar-refractivity contribution in [2.45, 2.75) is 34.4 Å². The van der Waals surface area contributed by atoms with E-state index in [0.717, 1.165) is 11.8 Å². The first-order chi connectivity index (χ1) is 8.88. The SMILES string of the molecule is COC(=O)C1CC(N)c2c(O)c(C)c(S)c(O)c2S1. The smallest absolute Gasteiger partial charge is 0.319 e. The first-order valence-corrected chi connectivity index (χ1v) is 6.98. The van der Waals surface area contributed by atoms with Crippen LogP contribution in [0.3, 0.4) is 0 Å². The van der Waals surface area contributed by atoms with Gasteiger partial charge in [-0.25, -0.2) is 0 Å². The van der Waals surface area contributed by atoms with Crippen LogP contribution in [0.2, 0.25) is 0 Å². The van der Waals surface area contributed by atoms with Crippen LogP contribution in [0.1, 0.15) is 23.6 Å². The molecule has 1 aliphatic heterocycles. The van der Waals surface area contributed by atoms with Crippen molar-refractivity contribution in [1.29, 1.82) is 0 Å².